The summed E-state index contributed by atoms with van der Waals surface area (Å²) in [5.41, 5.74) is 1.42. The van der Waals surface area contributed by atoms with E-state index in [1.807, 2.05) is 60.7 Å². The molecule has 0 bridgehead atoms. The molecule has 0 heterocycles. The van der Waals surface area contributed by atoms with Gasteiger partial charge in [0.05, 0.1) is 5.69 Å². The summed E-state index contributed by atoms with van der Waals surface area (Å²) >= 11 is 6.92. The minimum Gasteiger partial charge on any atom is -0.331 e. The van der Waals surface area contributed by atoms with E-state index in [1.165, 1.54) is 0 Å². The summed E-state index contributed by atoms with van der Waals surface area (Å²) in [6, 6.07) is 26.9. The lowest BCUT2D eigenvalue weighted by Gasteiger charge is -2.13. The van der Waals surface area contributed by atoms with Crippen molar-refractivity contribution in [2.75, 3.05) is 5.32 Å². The predicted octanol–water partition coefficient (Wildman–Crippen LogP) is 4.96. The normalized spacial score (nSPS) is 10.1. The van der Waals surface area contributed by atoms with E-state index in [-0.39, 0.29) is 11.0 Å². The van der Waals surface area contributed by atoms with E-state index < -0.39 is 0 Å². The number of carbonyl (C=O) groups is 1. The van der Waals surface area contributed by atoms with Gasteiger partial charge in [-0.05, 0) is 48.6 Å². The highest BCUT2D eigenvalue weighted by Crippen LogP contribution is 2.33. The molecule has 3 nitrogen and oxygen atoms in total. The van der Waals surface area contributed by atoms with Crippen molar-refractivity contribution in [2.24, 2.45) is 0 Å². The average Bonchev–Trinajstić information content (AvgIpc) is 2.65. The Morgan fingerprint density at radius 3 is 2.12 bits per heavy atom. The third-order valence-electron chi connectivity index (χ3n) is 3.37. The predicted molar refractivity (Wildman–Crippen MR) is 107 cm³/mol. The third-order valence-corrected chi connectivity index (χ3v) is 4.66. The Labute approximate surface area is 156 Å². The van der Waals surface area contributed by atoms with E-state index in [1.54, 1.807) is 23.9 Å². The SMILES string of the molecule is O=C(NC(=S)Nc1ccccc1Sc1ccccc1)c1ccccc1. The van der Waals surface area contributed by atoms with Gasteiger partial charge in [0.15, 0.2) is 5.11 Å². The van der Waals surface area contributed by atoms with E-state index in [0.717, 1.165) is 15.5 Å². The van der Waals surface area contributed by atoms with Gasteiger partial charge in [-0.2, -0.15) is 0 Å². The topological polar surface area (TPSA) is 41.1 Å². The van der Waals surface area contributed by atoms with E-state index in [2.05, 4.69) is 22.8 Å². The molecule has 0 radical (unpaired) electrons. The Bertz CT molecular complexity index is 867. The second kappa shape index (κ2) is 8.46. The molecule has 3 rings (SSSR count). The van der Waals surface area contributed by atoms with Gasteiger partial charge in [0.25, 0.3) is 5.91 Å². The molecule has 0 aliphatic heterocycles. The number of hydrogen-bond acceptors (Lipinski definition) is 3. The smallest absolute Gasteiger partial charge is 0.257 e. The van der Waals surface area contributed by atoms with Crippen molar-refractivity contribution in [1.82, 2.24) is 5.32 Å². The molecule has 0 aliphatic rings. The molecule has 124 valence electrons. The molecule has 25 heavy (non-hydrogen) atoms. The second-order valence-corrected chi connectivity index (χ2v) is 6.71. The number of amides is 1. The number of carbonyl (C=O) groups excluding carboxylic acids is 1. The molecule has 5 heteroatoms. The van der Waals surface area contributed by atoms with E-state index in [9.17, 15) is 4.79 Å². The second-order valence-electron chi connectivity index (χ2n) is 5.19. The Morgan fingerprint density at radius 2 is 1.40 bits per heavy atom. The summed E-state index contributed by atoms with van der Waals surface area (Å²) in [7, 11) is 0. The monoisotopic (exact) mass is 364 g/mol. The van der Waals surface area contributed by atoms with E-state index >= 15 is 0 Å². The lowest BCUT2D eigenvalue weighted by Crippen LogP contribution is -2.34. The first-order valence-electron chi connectivity index (χ1n) is 7.72. The molecule has 3 aromatic carbocycles. The highest BCUT2D eigenvalue weighted by molar-refractivity contribution is 7.99. The number of hydrogen-bond donors (Lipinski definition) is 2. The molecule has 0 aliphatic carbocycles. The minimum absolute atomic E-state index is 0.230. The van der Waals surface area contributed by atoms with Crippen LogP contribution in [0, 0.1) is 0 Å². The van der Waals surface area contributed by atoms with Crippen LogP contribution in [0.5, 0.6) is 0 Å². The standard InChI is InChI=1S/C20H16N2OS2/c23-19(15-9-3-1-4-10-15)22-20(24)21-17-13-7-8-14-18(17)25-16-11-5-2-6-12-16/h1-14H,(H2,21,22,23,24). The molecule has 0 saturated carbocycles. The summed E-state index contributed by atoms with van der Waals surface area (Å²) in [6.07, 6.45) is 0. The summed E-state index contributed by atoms with van der Waals surface area (Å²) in [6.45, 7) is 0. The van der Waals surface area contributed by atoms with Gasteiger partial charge < -0.3 is 5.32 Å². The molecule has 0 spiro atoms. The van der Waals surface area contributed by atoms with E-state index in [4.69, 9.17) is 12.2 Å². The van der Waals surface area contributed by atoms with Crippen LogP contribution >= 0.6 is 24.0 Å². The molecule has 0 atom stereocenters. The van der Waals surface area contributed by atoms with Crippen molar-refractivity contribution in [3.8, 4) is 0 Å². The summed E-state index contributed by atoms with van der Waals surface area (Å²) in [5.74, 6) is -0.230. The first-order valence-corrected chi connectivity index (χ1v) is 8.94. The molecule has 0 saturated heterocycles. The maximum Gasteiger partial charge on any atom is 0.257 e. The molecular weight excluding hydrogens is 348 g/mol. The zero-order chi connectivity index (χ0) is 17.5. The quantitative estimate of drug-likeness (QED) is 0.642. The number of benzene rings is 3. The van der Waals surface area contributed by atoms with Gasteiger partial charge in [0.2, 0.25) is 0 Å². The van der Waals surface area contributed by atoms with Gasteiger partial charge in [0, 0.05) is 15.4 Å². The molecule has 2 N–H and O–H groups in total. The van der Waals surface area contributed by atoms with Gasteiger partial charge in [-0.3, -0.25) is 10.1 Å². The lowest BCUT2D eigenvalue weighted by molar-refractivity contribution is 0.0977. The molecule has 0 aromatic heterocycles. The van der Waals surface area contributed by atoms with Crippen molar-refractivity contribution in [2.45, 2.75) is 9.79 Å². The Morgan fingerprint density at radius 1 is 0.800 bits per heavy atom. The van der Waals surface area contributed by atoms with Gasteiger partial charge in [-0.15, -0.1) is 0 Å². The van der Waals surface area contributed by atoms with Crippen LogP contribution in [0.3, 0.4) is 0 Å². The number of para-hydroxylation sites is 1. The highest BCUT2D eigenvalue weighted by Gasteiger charge is 2.09. The van der Waals surface area contributed by atoms with Crippen LogP contribution in [0.1, 0.15) is 10.4 Å². The zero-order valence-corrected chi connectivity index (χ0v) is 14.9. The number of anilines is 1. The minimum atomic E-state index is -0.230. The molecule has 3 aromatic rings. The van der Waals surface area contributed by atoms with Crippen LogP contribution in [0.15, 0.2) is 94.7 Å². The Balaban J connectivity index is 1.68. The lowest BCUT2D eigenvalue weighted by atomic mass is 10.2. The van der Waals surface area contributed by atoms with Gasteiger partial charge in [-0.25, -0.2) is 0 Å². The first kappa shape index (κ1) is 17.2. The van der Waals surface area contributed by atoms with Crippen molar-refractivity contribution in [3.05, 3.63) is 90.5 Å². The third kappa shape index (κ3) is 4.92. The van der Waals surface area contributed by atoms with Crippen LogP contribution in [-0.4, -0.2) is 11.0 Å². The van der Waals surface area contributed by atoms with E-state index in [0.29, 0.717) is 5.56 Å². The van der Waals surface area contributed by atoms with Gasteiger partial charge >= 0.3 is 0 Å². The summed E-state index contributed by atoms with van der Waals surface area (Å²) in [4.78, 5) is 14.3. The van der Waals surface area contributed by atoms with Gasteiger partial charge in [-0.1, -0.05) is 60.3 Å². The van der Waals surface area contributed by atoms with Crippen LogP contribution in [-0.2, 0) is 0 Å². The maximum atomic E-state index is 12.2. The van der Waals surface area contributed by atoms with Crippen molar-refractivity contribution in [3.63, 3.8) is 0 Å². The van der Waals surface area contributed by atoms with Crippen molar-refractivity contribution in [1.29, 1.82) is 0 Å². The largest absolute Gasteiger partial charge is 0.331 e. The fourth-order valence-corrected chi connectivity index (χ4v) is 3.32. The van der Waals surface area contributed by atoms with Crippen LogP contribution < -0.4 is 10.6 Å². The van der Waals surface area contributed by atoms with Crippen molar-refractivity contribution >= 4 is 40.7 Å². The molecule has 0 fully saturated rings. The number of rotatable bonds is 4. The van der Waals surface area contributed by atoms with Crippen LogP contribution in [0.4, 0.5) is 5.69 Å². The van der Waals surface area contributed by atoms with Crippen molar-refractivity contribution < 1.29 is 4.79 Å². The van der Waals surface area contributed by atoms with Crippen LogP contribution in [0.25, 0.3) is 0 Å². The first-order chi connectivity index (χ1) is 12.2. The Hall–Kier alpha value is -2.63. The molecule has 1 amide bonds. The zero-order valence-electron chi connectivity index (χ0n) is 13.3. The van der Waals surface area contributed by atoms with Crippen LogP contribution in [0.2, 0.25) is 0 Å². The molecule has 0 unspecified atom stereocenters. The number of nitrogens with one attached hydrogen (secondary N) is 2. The Kier molecular flexibility index (Phi) is 5.82. The summed E-state index contributed by atoms with van der Waals surface area (Å²) in [5, 5.41) is 6.09. The maximum absolute atomic E-state index is 12.2. The highest BCUT2D eigenvalue weighted by atomic mass is 32.2. The fraction of sp³-hybridized carbons (Fsp3) is 0. The fourth-order valence-electron chi connectivity index (χ4n) is 2.19. The van der Waals surface area contributed by atoms with Gasteiger partial charge in [0.1, 0.15) is 0 Å². The summed E-state index contributed by atoms with van der Waals surface area (Å²) < 4.78 is 0. The average molecular weight is 364 g/mol. The molecular formula is C20H16N2OS2. The number of thiocarbonyl (C=S) groups is 1.